The van der Waals surface area contributed by atoms with Gasteiger partial charge in [-0.1, -0.05) is 35.7 Å². The van der Waals surface area contributed by atoms with Crippen LogP contribution in [0.15, 0.2) is 12.1 Å². The van der Waals surface area contributed by atoms with Crippen LogP contribution in [0.5, 0.6) is 0 Å². The van der Waals surface area contributed by atoms with E-state index < -0.39 is 0 Å². The fourth-order valence-electron chi connectivity index (χ4n) is 3.26. The predicted octanol–water partition coefficient (Wildman–Crippen LogP) is 3.62. The SMILES string of the molecule is Clc1ccc(CN2CC3CCCC3C2)c(Cl)n1. The summed E-state index contributed by atoms with van der Waals surface area (Å²) in [6, 6.07) is 3.81. The first-order valence-corrected chi connectivity index (χ1v) is 7.01. The molecule has 1 aromatic rings. The number of likely N-dealkylation sites (tertiary alicyclic amines) is 1. The van der Waals surface area contributed by atoms with Crippen LogP contribution in [0, 0.1) is 11.8 Å². The van der Waals surface area contributed by atoms with Gasteiger partial charge in [-0.05, 0) is 30.7 Å². The number of fused-ring (bicyclic) bond motifs is 1. The Morgan fingerprint density at radius 3 is 2.53 bits per heavy atom. The van der Waals surface area contributed by atoms with Crippen molar-refractivity contribution in [2.45, 2.75) is 25.8 Å². The second kappa shape index (κ2) is 4.75. The third-order valence-corrected chi connectivity index (χ3v) is 4.63. The summed E-state index contributed by atoms with van der Waals surface area (Å²) in [7, 11) is 0. The molecule has 2 nitrogen and oxygen atoms in total. The average molecular weight is 271 g/mol. The van der Waals surface area contributed by atoms with Gasteiger partial charge in [-0.15, -0.1) is 0 Å². The van der Waals surface area contributed by atoms with E-state index in [2.05, 4.69) is 9.88 Å². The summed E-state index contributed by atoms with van der Waals surface area (Å²) in [6.45, 7) is 3.36. The molecule has 3 rings (SSSR count). The highest BCUT2D eigenvalue weighted by Gasteiger charge is 2.35. The van der Waals surface area contributed by atoms with Crippen LogP contribution in [-0.2, 0) is 6.54 Å². The lowest BCUT2D eigenvalue weighted by Crippen LogP contribution is -2.21. The molecule has 1 saturated carbocycles. The van der Waals surface area contributed by atoms with Gasteiger partial charge in [0.1, 0.15) is 10.3 Å². The van der Waals surface area contributed by atoms with Gasteiger partial charge in [0.15, 0.2) is 0 Å². The quantitative estimate of drug-likeness (QED) is 0.764. The second-order valence-corrected chi connectivity index (χ2v) is 5.97. The fourth-order valence-corrected chi connectivity index (χ4v) is 3.67. The number of halogens is 2. The summed E-state index contributed by atoms with van der Waals surface area (Å²) in [4.78, 5) is 6.60. The molecule has 0 bridgehead atoms. The molecule has 4 heteroatoms. The lowest BCUT2D eigenvalue weighted by Gasteiger charge is -2.17. The molecule has 0 radical (unpaired) electrons. The van der Waals surface area contributed by atoms with E-state index in [1.807, 2.05) is 12.1 Å². The van der Waals surface area contributed by atoms with Crippen molar-refractivity contribution in [3.05, 3.63) is 28.0 Å². The average Bonchev–Trinajstić information content (AvgIpc) is 2.82. The maximum absolute atomic E-state index is 6.11. The Labute approximate surface area is 112 Å². The highest BCUT2D eigenvalue weighted by molar-refractivity contribution is 6.32. The Morgan fingerprint density at radius 2 is 1.88 bits per heavy atom. The molecule has 0 amide bonds. The molecule has 2 fully saturated rings. The lowest BCUT2D eigenvalue weighted by atomic mass is 10.0. The van der Waals surface area contributed by atoms with Crippen molar-refractivity contribution >= 4 is 23.2 Å². The minimum Gasteiger partial charge on any atom is -0.298 e. The predicted molar refractivity (Wildman–Crippen MR) is 70.4 cm³/mol. The Kier molecular flexibility index (Phi) is 3.29. The molecule has 2 unspecified atom stereocenters. The molecule has 1 saturated heterocycles. The zero-order valence-electron chi connectivity index (χ0n) is 9.70. The minimum absolute atomic E-state index is 0.469. The van der Waals surface area contributed by atoms with Crippen molar-refractivity contribution < 1.29 is 0 Å². The first kappa shape index (κ1) is 11.8. The molecule has 0 N–H and O–H groups in total. The molecular formula is C13H16Cl2N2. The Balaban J connectivity index is 1.67. The van der Waals surface area contributed by atoms with Crippen LogP contribution in [0.25, 0.3) is 0 Å². The third kappa shape index (κ3) is 2.44. The molecule has 92 valence electrons. The molecule has 1 aliphatic carbocycles. The first-order valence-electron chi connectivity index (χ1n) is 6.25. The maximum Gasteiger partial charge on any atom is 0.135 e. The van der Waals surface area contributed by atoms with Crippen LogP contribution in [0.3, 0.4) is 0 Å². The zero-order valence-corrected chi connectivity index (χ0v) is 11.2. The van der Waals surface area contributed by atoms with Crippen molar-refractivity contribution in [2.24, 2.45) is 11.8 Å². The van der Waals surface area contributed by atoms with E-state index in [0.717, 1.165) is 23.9 Å². The van der Waals surface area contributed by atoms with E-state index in [-0.39, 0.29) is 0 Å². The summed E-state index contributed by atoms with van der Waals surface area (Å²) in [5.74, 6) is 1.85. The van der Waals surface area contributed by atoms with Crippen molar-refractivity contribution in [3.63, 3.8) is 0 Å². The topological polar surface area (TPSA) is 16.1 Å². The van der Waals surface area contributed by atoms with Gasteiger partial charge < -0.3 is 0 Å². The van der Waals surface area contributed by atoms with Gasteiger partial charge >= 0.3 is 0 Å². The summed E-state index contributed by atoms with van der Waals surface area (Å²) < 4.78 is 0. The molecule has 2 heterocycles. The van der Waals surface area contributed by atoms with E-state index in [1.165, 1.54) is 32.4 Å². The van der Waals surface area contributed by atoms with Gasteiger partial charge in [-0.3, -0.25) is 4.90 Å². The summed E-state index contributed by atoms with van der Waals surface area (Å²) >= 11 is 11.9. The number of aromatic nitrogens is 1. The molecule has 2 atom stereocenters. The molecule has 17 heavy (non-hydrogen) atoms. The van der Waals surface area contributed by atoms with Crippen LogP contribution >= 0.6 is 23.2 Å². The van der Waals surface area contributed by atoms with E-state index >= 15 is 0 Å². The maximum atomic E-state index is 6.11. The lowest BCUT2D eigenvalue weighted by molar-refractivity contribution is 0.303. The second-order valence-electron chi connectivity index (χ2n) is 5.23. The third-order valence-electron chi connectivity index (χ3n) is 4.09. The van der Waals surface area contributed by atoms with E-state index in [0.29, 0.717) is 10.3 Å². The van der Waals surface area contributed by atoms with Crippen molar-refractivity contribution in [3.8, 4) is 0 Å². The highest BCUT2D eigenvalue weighted by Crippen LogP contribution is 2.38. The highest BCUT2D eigenvalue weighted by atomic mass is 35.5. The molecule has 0 aromatic carbocycles. The fraction of sp³-hybridized carbons (Fsp3) is 0.615. The van der Waals surface area contributed by atoms with Crippen LogP contribution in [0.2, 0.25) is 10.3 Å². The van der Waals surface area contributed by atoms with Gasteiger partial charge in [0.05, 0.1) is 0 Å². The first-order chi connectivity index (χ1) is 8.22. The monoisotopic (exact) mass is 270 g/mol. The Hall–Kier alpha value is -0.310. The summed E-state index contributed by atoms with van der Waals surface area (Å²) in [5.41, 5.74) is 1.09. The minimum atomic E-state index is 0.469. The standard InChI is InChI=1S/C13H16Cl2N2/c14-12-5-4-11(13(15)16-12)8-17-6-9-2-1-3-10(9)7-17/h4-5,9-10H,1-3,6-8H2. The van der Waals surface area contributed by atoms with Crippen LogP contribution in [0.1, 0.15) is 24.8 Å². The van der Waals surface area contributed by atoms with Gasteiger partial charge in [-0.2, -0.15) is 0 Å². The van der Waals surface area contributed by atoms with Gasteiger partial charge in [0, 0.05) is 25.2 Å². The number of hydrogen-bond donors (Lipinski definition) is 0. The van der Waals surface area contributed by atoms with E-state index in [9.17, 15) is 0 Å². The van der Waals surface area contributed by atoms with Crippen LogP contribution in [0.4, 0.5) is 0 Å². The van der Waals surface area contributed by atoms with E-state index in [4.69, 9.17) is 23.2 Å². The number of rotatable bonds is 2. The normalized spacial score (nSPS) is 28.6. The van der Waals surface area contributed by atoms with Crippen molar-refractivity contribution in [2.75, 3.05) is 13.1 Å². The van der Waals surface area contributed by atoms with Crippen LogP contribution < -0.4 is 0 Å². The molecule has 0 spiro atoms. The molecular weight excluding hydrogens is 255 g/mol. The number of hydrogen-bond acceptors (Lipinski definition) is 2. The van der Waals surface area contributed by atoms with Gasteiger partial charge in [-0.25, -0.2) is 4.98 Å². The van der Waals surface area contributed by atoms with Gasteiger partial charge in [0.2, 0.25) is 0 Å². The number of nitrogens with zero attached hydrogens (tertiary/aromatic N) is 2. The molecule has 2 aliphatic rings. The summed E-state index contributed by atoms with van der Waals surface area (Å²) in [6.07, 6.45) is 4.24. The van der Waals surface area contributed by atoms with Crippen LogP contribution in [-0.4, -0.2) is 23.0 Å². The largest absolute Gasteiger partial charge is 0.298 e. The van der Waals surface area contributed by atoms with Crippen molar-refractivity contribution in [1.29, 1.82) is 0 Å². The van der Waals surface area contributed by atoms with E-state index in [1.54, 1.807) is 0 Å². The smallest absolute Gasteiger partial charge is 0.135 e. The number of pyridine rings is 1. The Bertz CT molecular complexity index is 410. The molecule has 1 aromatic heterocycles. The molecule has 1 aliphatic heterocycles. The van der Waals surface area contributed by atoms with Crippen molar-refractivity contribution in [1.82, 2.24) is 9.88 Å². The van der Waals surface area contributed by atoms with Gasteiger partial charge in [0.25, 0.3) is 0 Å². The zero-order chi connectivity index (χ0) is 11.8. The summed E-state index contributed by atoms with van der Waals surface area (Å²) in [5, 5.41) is 1.02. The Morgan fingerprint density at radius 1 is 1.18 bits per heavy atom.